The van der Waals surface area contributed by atoms with Crippen LogP contribution in [-0.2, 0) is 6.42 Å². The summed E-state index contributed by atoms with van der Waals surface area (Å²) in [6.45, 7) is 2.00. The van der Waals surface area contributed by atoms with E-state index in [9.17, 15) is 4.39 Å². The highest BCUT2D eigenvalue weighted by Crippen LogP contribution is 2.38. The molecule has 1 unspecified atom stereocenters. The van der Waals surface area contributed by atoms with Gasteiger partial charge in [0.2, 0.25) is 0 Å². The minimum absolute atomic E-state index is 0.121. The van der Waals surface area contributed by atoms with Gasteiger partial charge in [-0.05, 0) is 36.2 Å². The van der Waals surface area contributed by atoms with Crippen molar-refractivity contribution in [1.82, 2.24) is 0 Å². The van der Waals surface area contributed by atoms with Crippen molar-refractivity contribution < 1.29 is 9.13 Å². The van der Waals surface area contributed by atoms with E-state index in [0.717, 1.165) is 28.1 Å². The number of fused-ring (bicyclic) bond motifs is 1. The largest absolute Gasteiger partial charge is 0.497 e. The SMILES string of the molecule is COc1ccc(C2Cc3c(F)ccc(C)c3N2)cc1. The maximum absolute atomic E-state index is 13.8. The summed E-state index contributed by atoms with van der Waals surface area (Å²) in [6.07, 6.45) is 0.690. The van der Waals surface area contributed by atoms with Gasteiger partial charge in [0.25, 0.3) is 0 Å². The summed E-state index contributed by atoms with van der Waals surface area (Å²) in [5.41, 5.74) is 3.98. The molecule has 0 aliphatic carbocycles. The quantitative estimate of drug-likeness (QED) is 0.882. The highest BCUT2D eigenvalue weighted by molar-refractivity contribution is 5.63. The molecule has 0 bridgehead atoms. The molecule has 3 heteroatoms. The highest BCUT2D eigenvalue weighted by atomic mass is 19.1. The van der Waals surface area contributed by atoms with Gasteiger partial charge in [-0.25, -0.2) is 4.39 Å². The zero-order valence-electron chi connectivity index (χ0n) is 11.0. The van der Waals surface area contributed by atoms with Gasteiger partial charge in [-0.1, -0.05) is 18.2 Å². The van der Waals surface area contributed by atoms with E-state index in [1.807, 2.05) is 37.3 Å². The maximum Gasteiger partial charge on any atom is 0.128 e. The molecule has 0 amide bonds. The van der Waals surface area contributed by atoms with Gasteiger partial charge in [-0.3, -0.25) is 0 Å². The van der Waals surface area contributed by atoms with Crippen LogP contribution in [-0.4, -0.2) is 7.11 Å². The van der Waals surface area contributed by atoms with Gasteiger partial charge in [0, 0.05) is 17.7 Å². The molecule has 2 aromatic carbocycles. The molecule has 1 atom stereocenters. The Labute approximate surface area is 112 Å². The first-order valence-corrected chi connectivity index (χ1v) is 6.37. The number of hydrogen-bond acceptors (Lipinski definition) is 2. The van der Waals surface area contributed by atoms with Gasteiger partial charge in [0.1, 0.15) is 11.6 Å². The number of halogens is 1. The van der Waals surface area contributed by atoms with Crippen LogP contribution in [0.5, 0.6) is 5.75 Å². The van der Waals surface area contributed by atoms with E-state index in [1.54, 1.807) is 13.2 Å². The average molecular weight is 257 g/mol. The summed E-state index contributed by atoms with van der Waals surface area (Å²) in [7, 11) is 1.65. The Kier molecular flexibility index (Phi) is 2.90. The highest BCUT2D eigenvalue weighted by Gasteiger charge is 2.25. The summed E-state index contributed by atoms with van der Waals surface area (Å²) >= 11 is 0. The number of rotatable bonds is 2. The Morgan fingerprint density at radius 2 is 1.89 bits per heavy atom. The van der Waals surface area contributed by atoms with E-state index in [4.69, 9.17) is 4.74 Å². The van der Waals surface area contributed by atoms with Crippen LogP contribution in [0.15, 0.2) is 36.4 Å². The lowest BCUT2D eigenvalue weighted by molar-refractivity contribution is 0.414. The molecular formula is C16H16FNO. The lowest BCUT2D eigenvalue weighted by Gasteiger charge is -2.12. The third-order valence-electron chi connectivity index (χ3n) is 3.71. The van der Waals surface area contributed by atoms with E-state index in [0.29, 0.717) is 6.42 Å². The molecule has 0 fully saturated rings. The summed E-state index contributed by atoms with van der Waals surface area (Å²) in [5, 5.41) is 3.42. The Morgan fingerprint density at radius 1 is 1.16 bits per heavy atom. The van der Waals surface area contributed by atoms with Crippen LogP contribution in [0.25, 0.3) is 0 Å². The summed E-state index contributed by atoms with van der Waals surface area (Å²) in [4.78, 5) is 0. The molecule has 0 radical (unpaired) electrons. The van der Waals surface area contributed by atoms with Crippen molar-refractivity contribution in [3.05, 3.63) is 58.9 Å². The molecule has 1 heterocycles. The first-order valence-electron chi connectivity index (χ1n) is 6.37. The third-order valence-corrected chi connectivity index (χ3v) is 3.71. The molecule has 19 heavy (non-hydrogen) atoms. The van der Waals surface area contributed by atoms with Crippen LogP contribution in [0.4, 0.5) is 10.1 Å². The normalized spacial score (nSPS) is 16.9. The van der Waals surface area contributed by atoms with Gasteiger partial charge in [0.15, 0.2) is 0 Å². The zero-order chi connectivity index (χ0) is 13.4. The van der Waals surface area contributed by atoms with Crippen molar-refractivity contribution in [2.45, 2.75) is 19.4 Å². The molecule has 2 nitrogen and oxygen atoms in total. The van der Waals surface area contributed by atoms with Crippen molar-refractivity contribution in [3.8, 4) is 5.75 Å². The van der Waals surface area contributed by atoms with Gasteiger partial charge < -0.3 is 10.1 Å². The average Bonchev–Trinajstić information content (AvgIpc) is 2.89. The van der Waals surface area contributed by atoms with E-state index in [2.05, 4.69) is 5.32 Å². The van der Waals surface area contributed by atoms with Gasteiger partial charge in [-0.2, -0.15) is 0 Å². The van der Waals surface area contributed by atoms with Crippen molar-refractivity contribution in [2.75, 3.05) is 12.4 Å². The lowest BCUT2D eigenvalue weighted by atomic mass is 10.0. The molecular weight excluding hydrogens is 241 g/mol. The molecule has 2 aromatic rings. The number of nitrogens with one attached hydrogen (secondary N) is 1. The van der Waals surface area contributed by atoms with Crippen LogP contribution in [0.1, 0.15) is 22.7 Å². The Hall–Kier alpha value is -2.03. The van der Waals surface area contributed by atoms with Crippen LogP contribution >= 0.6 is 0 Å². The van der Waals surface area contributed by atoms with E-state index >= 15 is 0 Å². The van der Waals surface area contributed by atoms with Gasteiger partial charge >= 0.3 is 0 Å². The number of ether oxygens (including phenoxy) is 1. The molecule has 98 valence electrons. The van der Waals surface area contributed by atoms with Crippen molar-refractivity contribution >= 4 is 5.69 Å². The van der Waals surface area contributed by atoms with E-state index in [1.165, 1.54) is 0 Å². The third kappa shape index (κ3) is 2.05. The molecule has 0 saturated carbocycles. The first kappa shape index (κ1) is 12.0. The fourth-order valence-electron chi connectivity index (χ4n) is 2.61. The number of anilines is 1. The Bertz CT molecular complexity index is 576. The van der Waals surface area contributed by atoms with Crippen LogP contribution in [0, 0.1) is 12.7 Å². The Morgan fingerprint density at radius 3 is 2.53 bits per heavy atom. The summed E-state index contributed by atoms with van der Waals surface area (Å²) in [5.74, 6) is 0.714. The minimum atomic E-state index is -0.121. The molecule has 3 rings (SSSR count). The van der Waals surface area contributed by atoms with Gasteiger partial charge in [-0.15, -0.1) is 0 Å². The smallest absolute Gasteiger partial charge is 0.128 e. The molecule has 0 saturated heterocycles. The van der Waals surface area contributed by atoms with Crippen molar-refractivity contribution in [2.24, 2.45) is 0 Å². The predicted octanol–water partition coefficient (Wildman–Crippen LogP) is 3.85. The number of methoxy groups -OCH3 is 1. The number of aryl methyl sites for hydroxylation is 1. The maximum atomic E-state index is 13.8. The number of benzene rings is 2. The fourth-order valence-corrected chi connectivity index (χ4v) is 2.61. The minimum Gasteiger partial charge on any atom is -0.497 e. The van der Waals surface area contributed by atoms with Crippen LogP contribution in [0.3, 0.4) is 0 Å². The monoisotopic (exact) mass is 257 g/mol. The summed E-state index contributed by atoms with van der Waals surface area (Å²) in [6, 6.07) is 11.4. The van der Waals surface area contributed by atoms with Crippen LogP contribution < -0.4 is 10.1 Å². The fraction of sp³-hybridized carbons (Fsp3) is 0.250. The molecule has 0 spiro atoms. The zero-order valence-corrected chi connectivity index (χ0v) is 11.0. The van der Waals surface area contributed by atoms with Crippen molar-refractivity contribution in [1.29, 1.82) is 0 Å². The number of hydrogen-bond donors (Lipinski definition) is 1. The van der Waals surface area contributed by atoms with E-state index < -0.39 is 0 Å². The summed E-state index contributed by atoms with van der Waals surface area (Å²) < 4.78 is 19.0. The molecule has 1 aliphatic rings. The second-order valence-electron chi connectivity index (χ2n) is 4.89. The second-order valence-corrected chi connectivity index (χ2v) is 4.89. The molecule has 1 aliphatic heterocycles. The molecule has 1 N–H and O–H groups in total. The molecule has 0 aromatic heterocycles. The topological polar surface area (TPSA) is 21.3 Å². The van der Waals surface area contributed by atoms with Crippen molar-refractivity contribution in [3.63, 3.8) is 0 Å². The van der Waals surface area contributed by atoms with E-state index in [-0.39, 0.29) is 11.9 Å². The van der Waals surface area contributed by atoms with Gasteiger partial charge in [0.05, 0.1) is 13.2 Å². The predicted molar refractivity (Wildman–Crippen MR) is 74.2 cm³/mol. The Balaban J connectivity index is 1.90. The first-order chi connectivity index (χ1) is 9.19. The second kappa shape index (κ2) is 4.57. The van der Waals surface area contributed by atoms with Crippen LogP contribution in [0.2, 0.25) is 0 Å². The lowest BCUT2D eigenvalue weighted by Crippen LogP contribution is -2.05. The standard InChI is InChI=1S/C16H16FNO/c1-10-3-8-14(17)13-9-15(18-16(10)13)11-4-6-12(19-2)7-5-11/h3-8,15,18H,9H2,1-2H3.